The van der Waals surface area contributed by atoms with Crippen LogP contribution in [0.3, 0.4) is 0 Å². The fraction of sp³-hybridized carbons (Fsp3) is 0.222. The Kier molecular flexibility index (Phi) is 5.10. The quantitative estimate of drug-likeness (QED) is 0.482. The molecule has 2 heterocycles. The number of hydrogen-bond acceptors (Lipinski definition) is 3. The number of hydrogen-bond donors (Lipinski definition) is 0. The summed E-state index contributed by atoms with van der Waals surface area (Å²) in [4.78, 5) is 33.1. The third-order valence-electron chi connectivity index (χ3n) is 6.34. The number of carbonyl (C=O) groups excluding carboxylic acids is 1. The van der Waals surface area contributed by atoms with Crippen molar-refractivity contribution in [3.8, 4) is 0 Å². The maximum absolute atomic E-state index is 13.4. The molecule has 160 valence electrons. The highest BCUT2D eigenvalue weighted by atomic mass is 16.2. The Morgan fingerprint density at radius 2 is 1.69 bits per heavy atom. The van der Waals surface area contributed by atoms with Crippen LogP contribution in [0, 0.1) is 6.92 Å². The van der Waals surface area contributed by atoms with Crippen LogP contribution >= 0.6 is 0 Å². The van der Waals surface area contributed by atoms with Gasteiger partial charge in [0.15, 0.2) is 0 Å². The normalized spacial score (nSPS) is 15.4. The first-order chi connectivity index (χ1) is 15.5. The van der Waals surface area contributed by atoms with E-state index in [0.717, 1.165) is 28.8 Å². The molecule has 0 saturated carbocycles. The average Bonchev–Trinajstić information content (AvgIpc) is 3.03. The molecule has 0 fully saturated rings. The van der Waals surface area contributed by atoms with Crippen molar-refractivity contribution in [3.63, 3.8) is 0 Å². The lowest BCUT2D eigenvalue weighted by Crippen LogP contribution is -2.30. The van der Waals surface area contributed by atoms with Crippen molar-refractivity contribution in [3.05, 3.63) is 106 Å². The molecule has 1 aliphatic heterocycles. The van der Waals surface area contributed by atoms with Crippen LogP contribution in [-0.4, -0.2) is 22.5 Å². The van der Waals surface area contributed by atoms with E-state index in [1.165, 1.54) is 0 Å². The number of amides is 1. The summed E-state index contributed by atoms with van der Waals surface area (Å²) in [7, 11) is 1.81. The van der Waals surface area contributed by atoms with Crippen LogP contribution in [-0.2, 0) is 24.2 Å². The van der Waals surface area contributed by atoms with Crippen LogP contribution in [0.2, 0.25) is 0 Å². The Morgan fingerprint density at radius 3 is 2.50 bits per heavy atom. The lowest BCUT2D eigenvalue weighted by atomic mass is 9.95. The average molecular weight is 424 g/mol. The summed E-state index contributed by atoms with van der Waals surface area (Å²) in [6, 6.07) is 23.7. The molecule has 0 unspecified atom stereocenters. The maximum atomic E-state index is 13.4. The van der Waals surface area contributed by atoms with E-state index < -0.39 is 0 Å². The minimum atomic E-state index is -0.342. The van der Waals surface area contributed by atoms with Gasteiger partial charge in [0.1, 0.15) is 5.82 Å². The summed E-state index contributed by atoms with van der Waals surface area (Å²) < 4.78 is 1.76. The summed E-state index contributed by atoms with van der Waals surface area (Å²) in [5, 5.41) is 0.607. The first kappa shape index (κ1) is 20.2. The van der Waals surface area contributed by atoms with E-state index in [0.29, 0.717) is 29.7 Å². The number of aromatic nitrogens is 2. The molecule has 0 spiro atoms. The lowest BCUT2D eigenvalue weighted by molar-refractivity contribution is -0.119. The smallest absolute Gasteiger partial charge is 0.261 e. The summed E-state index contributed by atoms with van der Waals surface area (Å²) in [5.74, 6) is 0.360. The summed E-state index contributed by atoms with van der Waals surface area (Å²) in [5.41, 5.74) is 4.84. The summed E-state index contributed by atoms with van der Waals surface area (Å²) in [6.45, 7) is 2.55. The second-order valence-corrected chi connectivity index (χ2v) is 8.45. The van der Waals surface area contributed by atoms with Crippen LogP contribution in [0.5, 0.6) is 0 Å². The predicted octanol–water partition coefficient (Wildman–Crippen LogP) is 4.25. The van der Waals surface area contributed by atoms with Gasteiger partial charge in [-0.1, -0.05) is 60.2 Å². The van der Waals surface area contributed by atoms with Gasteiger partial charge in [-0.15, -0.1) is 0 Å². The number of fused-ring (bicyclic) bond motifs is 2. The minimum absolute atomic E-state index is 0.0441. The number of anilines is 1. The second-order valence-electron chi connectivity index (χ2n) is 8.45. The molecule has 1 amide bonds. The molecule has 0 radical (unpaired) electrons. The van der Waals surface area contributed by atoms with Gasteiger partial charge in [0.25, 0.3) is 5.56 Å². The zero-order valence-corrected chi connectivity index (χ0v) is 18.3. The molecular weight excluding hydrogens is 398 g/mol. The Balaban J connectivity index is 1.58. The highest BCUT2D eigenvalue weighted by molar-refractivity contribution is 6.04. The molecule has 32 heavy (non-hydrogen) atoms. The number of aryl methyl sites for hydroxylation is 2. The molecule has 5 nitrogen and oxygen atoms in total. The minimum Gasteiger partial charge on any atom is -0.315 e. The van der Waals surface area contributed by atoms with Gasteiger partial charge in [-0.3, -0.25) is 14.2 Å². The zero-order valence-electron chi connectivity index (χ0n) is 18.3. The zero-order chi connectivity index (χ0) is 22.2. The first-order valence-electron chi connectivity index (χ1n) is 10.9. The van der Waals surface area contributed by atoms with Crippen molar-refractivity contribution in [2.75, 3.05) is 11.9 Å². The topological polar surface area (TPSA) is 55.2 Å². The standard InChI is InChI=1S/C27H25N3O2/c1-18-12-13-24-21(16-18)22(26(31)29(24)2)17-25-28-23-11-7-6-10-20(23)27(32)30(25)15-14-19-8-4-3-5-9-19/h3-13,16,22H,14-15,17H2,1-2H3/t22-/m0/s1. The van der Waals surface area contributed by atoms with Gasteiger partial charge < -0.3 is 4.90 Å². The Morgan fingerprint density at radius 1 is 0.938 bits per heavy atom. The van der Waals surface area contributed by atoms with Gasteiger partial charge in [0, 0.05) is 25.7 Å². The molecule has 3 aromatic carbocycles. The molecule has 1 aromatic heterocycles. The van der Waals surface area contributed by atoms with Crippen molar-refractivity contribution < 1.29 is 4.79 Å². The predicted molar refractivity (Wildman–Crippen MR) is 127 cm³/mol. The van der Waals surface area contributed by atoms with E-state index in [1.54, 1.807) is 9.47 Å². The van der Waals surface area contributed by atoms with Crippen molar-refractivity contribution in [1.82, 2.24) is 9.55 Å². The van der Waals surface area contributed by atoms with E-state index >= 15 is 0 Å². The van der Waals surface area contributed by atoms with Gasteiger partial charge in [-0.2, -0.15) is 0 Å². The monoisotopic (exact) mass is 423 g/mol. The fourth-order valence-electron chi connectivity index (χ4n) is 4.61. The molecule has 0 saturated heterocycles. The van der Waals surface area contributed by atoms with E-state index in [-0.39, 0.29) is 17.4 Å². The molecule has 4 aromatic rings. The van der Waals surface area contributed by atoms with E-state index in [4.69, 9.17) is 4.98 Å². The van der Waals surface area contributed by atoms with E-state index in [9.17, 15) is 9.59 Å². The van der Waals surface area contributed by atoms with Gasteiger partial charge >= 0.3 is 0 Å². The lowest BCUT2D eigenvalue weighted by Gasteiger charge is -2.17. The van der Waals surface area contributed by atoms with Crippen molar-refractivity contribution in [1.29, 1.82) is 0 Å². The number of rotatable bonds is 5. The third kappa shape index (κ3) is 3.50. The maximum Gasteiger partial charge on any atom is 0.261 e. The van der Waals surface area contributed by atoms with Crippen LogP contribution in [0.4, 0.5) is 5.69 Å². The fourth-order valence-corrected chi connectivity index (χ4v) is 4.61. The van der Waals surface area contributed by atoms with E-state index in [2.05, 4.69) is 18.2 Å². The Labute approximate surface area is 187 Å². The van der Waals surface area contributed by atoms with Crippen molar-refractivity contribution in [2.24, 2.45) is 0 Å². The van der Waals surface area contributed by atoms with Gasteiger partial charge in [0.05, 0.1) is 16.8 Å². The van der Waals surface area contributed by atoms with Gasteiger partial charge in [-0.25, -0.2) is 4.98 Å². The highest BCUT2D eigenvalue weighted by Gasteiger charge is 2.36. The Bertz CT molecular complexity index is 1380. The molecule has 5 rings (SSSR count). The second kappa shape index (κ2) is 8.08. The molecule has 0 bridgehead atoms. The number of para-hydroxylation sites is 1. The first-order valence-corrected chi connectivity index (χ1v) is 10.9. The van der Waals surface area contributed by atoms with Crippen LogP contribution < -0.4 is 10.5 Å². The molecule has 1 aliphatic rings. The number of likely N-dealkylation sites (N-methyl/N-ethyl adjacent to an activating group) is 1. The van der Waals surface area contributed by atoms with E-state index in [1.807, 2.05) is 68.6 Å². The largest absolute Gasteiger partial charge is 0.315 e. The van der Waals surface area contributed by atoms with Crippen LogP contribution in [0.1, 0.15) is 28.4 Å². The van der Waals surface area contributed by atoms with Crippen LogP contribution in [0.15, 0.2) is 77.6 Å². The summed E-state index contributed by atoms with van der Waals surface area (Å²) in [6.07, 6.45) is 1.12. The van der Waals surface area contributed by atoms with Gasteiger partial charge in [-0.05, 0) is 42.7 Å². The third-order valence-corrected chi connectivity index (χ3v) is 6.34. The number of carbonyl (C=O) groups is 1. The van der Waals surface area contributed by atoms with Crippen molar-refractivity contribution >= 4 is 22.5 Å². The molecular formula is C27H25N3O2. The van der Waals surface area contributed by atoms with Crippen molar-refractivity contribution in [2.45, 2.75) is 32.2 Å². The molecule has 5 heteroatoms. The number of benzene rings is 3. The number of nitrogens with zero attached hydrogens (tertiary/aromatic N) is 3. The van der Waals surface area contributed by atoms with Crippen LogP contribution in [0.25, 0.3) is 10.9 Å². The summed E-state index contributed by atoms with van der Waals surface area (Å²) >= 11 is 0. The SMILES string of the molecule is Cc1ccc2c(c1)[C@H](Cc1nc3ccccc3c(=O)n1CCc1ccccc1)C(=O)N2C. The molecule has 0 N–H and O–H groups in total. The molecule has 1 atom stereocenters. The molecule has 0 aliphatic carbocycles. The Hall–Kier alpha value is -3.73. The highest BCUT2D eigenvalue weighted by Crippen LogP contribution is 2.38. The van der Waals surface area contributed by atoms with Gasteiger partial charge in [0.2, 0.25) is 5.91 Å².